The van der Waals surface area contributed by atoms with E-state index in [1.807, 2.05) is 0 Å². The SMILES string of the molecule is CC(C)(O)O.[Ti]. The average molecular weight is 124 g/mol. The van der Waals surface area contributed by atoms with Crippen LogP contribution in [0.15, 0.2) is 0 Å². The van der Waals surface area contributed by atoms with Crippen molar-refractivity contribution in [3.05, 3.63) is 0 Å². The first kappa shape index (κ1) is 9.81. The molecule has 0 aliphatic rings. The molecule has 0 aromatic carbocycles. The van der Waals surface area contributed by atoms with Crippen molar-refractivity contribution < 1.29 is 31.9 Å². The van der Waals surface area contributed by atoms with Gasteiger partial charge in [0.05, 0.1) is 0 Å². The van der Waals surface area contributed by atoms with Crippen LogP contribution in [0.1, 0.15) is 13.8 Å². The van der Waals surface area contributed by atoms with Crippen LogP contribution in [0.3, 0.4) is 0 Å². The Hall–Kier alpha value is 0.634. The van der Waals surface area contributed by atoms with Gasteiger partial charge in [-0.1, -0.05) is 0 Å². The van der Waals surface area contributed by atoms with Crippen LogP contribution in [0.5, 0.6) is 0 Å². The van der Waals surface area contributed by atoms with Crippen molar-refractivity contribution in [3.8, 4) is 0 Å². The van der Waals surface area contributed by atoms with E-state index in [4.69, 9.17) is 10.2 Å². The molecule has 0 aromatic rings. The van der Waals surface area contributed by atoms with Crippen LogP contribution in [-0.4, -0.2) is 16.0 Å². The fourth-order valence-corrected chi connectivity index (χ4v) is 0. The molecule has 0 amide bonds. The maximum absolute atomic E-state index is 8.08. The summed E-state index contributed by atoms with van der Waals surface area (Å²) in [6.45, 7) is 2.60. The summed E-state index contributed by atoms with van der Waals surface area (Å²) < 4.78 is 0. The van der Waals surface area contributed by atoms with Gasteiger partial charge in [-0.25, -0.2) is 0 Å². The molecule has 0 saturated heterocycles. The van der Waals surface area contributed by atoms with Gasteiger partial charge in [0.1, 0.15) is 0 Å². The van der Waals surface area contributed by atoms with E-state index in [2.05, 4.69) is 0 Å². The Morgan fingerprint density at radius 1 is 1.17 bits per heavy atom. The second kappa shape index (κ2) is 2.75. The van der Waals surface area contributed by atoms with E-state index in [0.29, 0.717) is 0 Å². The molecule has 2 nitrogen and oxygen atoms in total. The zero-order valence-corrected chi connectivity index (χ0v) is 5.46. The third kappa shape index (κ3) is 152. The maximum Gasteiger partial charge on any atom is 0.156 e. The number of hydrogen-bond donors (Lipinski definition) is 2. The maximum atomic E-state index is 8.08. The van der Waals surface area contributed by atoms with Crippen LogP contribution < -0.4 is 0 Å². The molecule has 36 valence electrons. The van der Waals surface area contributed by atoms with E-state index in [1.54, 1.807) is 0 Å². The molecular formula is C3H8O2Ti. The molecule has 0 aliphatic heterocycles. The standard InChI is InChI=1S/C3H8O2.Ti/c1-3(2,4)5;/h4-5H,1-2H3;. The topological polar surface area (TPSA) is 40.5 Å². The first-order valence-electron chi connectivity index (χ1n) is 1.45. The summed E-state index contributed by atoms with van der Waals surface area (Å²) in [5.74, 6) is -1.50. The summed E-state index contributed by atoms with van der Waals surface area (Å²) >= 11 is 0. The second-order valence-corrected chi connectivity index (χ2v) is 1.49. The Morgan fingerprint density at radius 2 is 1.17 bits per heavy atom. The second-order valence-electron chi connectivity index (χ2n) is 1.49. The molecular weight excluding hydrogens is 116 g/mol. The Labute approximate surface area is 52.1 Å². The summed E-state index contributed by atoms with van der Waals surface area (Å²) in [5.41, 5.74) is 0. The van der Waals surface area contributed by atoms with Crippen LogP contribution in [0.2, 0.25) is 0 Å². The first-order valence-corrected chi connectivity index (χ1v) is 1.45. The van der Waals surface area contributed by atoms with E-state index >= 15 is 0 Å². The minimum atomic E-state index is -1.50. The van der Waals surface area contributed by atoms with E-state index in [1.165, 1.54) is 13.8 Å². The third-order valence-corrected chi connectivity index (χ3v) is 0. The Balaban J connectivity index is 0. The minimum Gasteiger partial charge on any atom is -0.366 e. The molecule has 3 heteroatoms. The first-order chi connectivity index (χ1) is 2.00. The normalized spacial score (nSPS) is 10.0. The molecule has 0 unspecified atom stereocenters. The molecule has 0 aliphatic carbocycles. The smallest absolute Gasteiger partial charge is 0.156 e. The van der Waals surface area contributed by atoms with Gasteiger partial charge in [0.15, 0.2) is 5.79 Å². The number of hydrogen-bond acceptors (Lipinski definition) is 2. The molecule has 2 N–H and O–H groups in total. The van der Waals surface area contributed by atoms with Crippen molar-refractivity contribution in [1.29, 1.82) is 0 Å². The van der Waals surface area contributed by atoms with Crippen LogP contribution in [0.25, 0.3) is 0 Å². The van der Waals surface area contributed by atoms with Gasteiger partial charge in [-0.3, -0.25) is 0 Å². The zero-order valence-electron chi connectivity index (χ0n) is 3.89. The van der Waals surface area contributed by atoms with Gasteiger partial charge in [-0.2, -0.15) is 0 Å². The van der Waals surface area contributed by atoms with Gasteiger partial charge < -0.3 is 10.2 Å². The van der Waals surface area contributed by atoms with Gasteiger partial charge in [-0.15, -0.1) is 0 Å². The van der Waals surface area contributed by atoms with Crippen molar-refractivity contribution >= 4 is 0 Å². The van der Waals surface area contributed by atoms with E-state index in [-0.39, 0.29) is 21.7 Å². The Bertz CT molecular complexity index is 24.3. The van der Waals surface area contributed by atoms with Crippen molar-refractivity contribution in [3.63, 3.8) is 0 Å². The van der Waals surface area contributed by atoms with Crippen molar-refractivity contribution in [2.75, 3.05) is 0 Å². The number of aliphatic hydroxyl groups is 2. The van der Waals surface area contributed by atoms with Gasteiger partial charge in [0.2, 0.25) is 0 Å². The Kier molecular flexibility index (Phi) is 4.49. The molecule has 0 atom stereocenters. The van der Waals surface area contributed by atoms with Crippen molar-refractivity contribution in [2.45, 2.75) is 19.6 Å². The average Bonchev–Trinajstić information content (AvgIpc) is 0.722. The van der Waals surface area contributed by atoms with E-state index in [9.17, 15) is 0 Å². The summed E-state index contributed by atoms with van der Waals surface area (Å²) in [5, 5.41) is 16.2. The molecule has 0 spiro atoms. The van der Waals surface area contributed by atoms with Crippen LogP contribution in [0.4, 0.5) is 0 Å². The molecule has 0 radical (unpaired) electrons. The summed E-state index contributed by atoms with van der Waals surface area (Å²) in [4.78, 5) is 0. The van der Waals surface area contributed by atoms with E-state index < -0.39 is 5.79 Å². The molecule has 0 rings (SSSR count). The monoisotopic (exact) mass is 124 g/mol. The summed E-state index contributed by atoms with van der Waals surface area (Å²) in [6.07, 6.45) is 0. The summed E-state index contributed by atoms with van der Waals surface area (Å²) in [6, 6.07) is 0. The fraction of sp³-hybridized carbons (Fsp3) is 1.00. The largest absolute Gasteiger partial charge is 0.366 e. The van der Waals surface area contributed by atoms with Crippen molar-refractivity contribution in [2.24, 2.45) is 0 Å². The predicted octanol–water partition coefficient (Wildman–Crippen LogP) is -0.295. The molecule has 0 aromatic heterocycles. The molecule has 6 heavy (non-hydrogen) atoms. The van der Waals surface area contributed by atoms with Gasteiger partial charge in [-0.05, 0) is 13.8 Å². The molecule has 0 saturated carbocycles. The van der Waals surface area contributed by atoms with Gasteiger partial charge >= 0.3 is 0 Å². The number of rotatable bonds is 0. The fourth-order valence-electron chi connectivity index (χ4n) is 0. The van der Waals surface area contributed by atoms with Crippen LogP contribution in [0, 0.1) is 0 Å². The minimum absolute atomic E-state index is 0. The third-order valence-electron chi connectivity index (χ3n) is 0. The quantitative estimate of drug-likeness (QED) is 0.344. The Morgan fingerprint density at radius 3 is 1.17 bits per heavy atom. The zero-order chi connectivity index (χ0) is 4.50. The van der Waals surface area contributed by atoms with Gasteiger partial charge in [0, 0.05) is 21.7 Å². The predicted molar refractivity (Wildman–Crippen MR) is 18.5 cm³/mol. The summed E-state index contributed by atoms with van der Waals surface area (Å²) in [7, 11) is 0. The molecule has 0 heterocycles. The van der Waals surface area contributed by atoms with Crippen LogP contribution >= 0.6 is 0 Å². The van der Waals surface area contributed by atoms with Gasteiger partial charge in [0.25, 0.3) is 0 Å². The van der Waals surface area contributed by atoms with Crippen molar-refractivity contribution in [1.82, 2.24) is 0 Å². The molecule has 0 bridgehead atoms. The van der Waals surface area contributed by atoms with E-state index in [0.717, 1.165) is 0 Å². The molecule has 0 fully saturated rings. The van der Waals surface area contributed by atoms with Crippen LogP contribution in [-0.2, 0) is 21.7 Å².